The van der Waals surface area contributed by atoms with Gasteiger partial charge in [0.1, 0.15) is 6.04 Å². The van der Waals surface area contributed by atoms with Gasteiger partial charge in [-0.05, 0) is 49.6 Å². The Morgan fingerprint density at radius 3 is 2.92 bits per heavy atom. The highest BCUT2D eigenvalue weighted by Gasteiger charge is 2.36. The van der Waals surface area contributed by atoms with Crippen LogP contribution in [0.15, 0.2) is 16.0 Å². The number of nitrogens with zero attached hydrogens (tertiary/aromatic N) is 3. The Morgan fingerprint density at radius 2 is 2.17 bits per heavy atom. The van der Waals surface area contributed by atoms with Crippen LogP contribution in [0.3, 0.4) is 0 Å². The van der Waals surface area contributed by atoms with E-state index in [9.17, 15) is 4.79 Å². The zero-order valence-electron chi connectivity index (χ0n) is 13.7. The lowest BCUT2D eigenvalue weighted by Gasteiger charge is -2.21. The number of hydrogen-bond acceptors (Lipinski definition) is 6. The van der Waals surface area contributed by atoms with E-state index in [2.05, 4.69) is 10.1 Å². The zero-order chi connectivity index (χ0) is 16.5. The summed E-state index contributed by atoms with van der Waals surface area (Å²) in [4.78, 5) is 20.2. The molecule has 2 aromatic rings. The van der Waals surface area contributed by atoms with Gasteiger partial charge >= 0.3 is 0 Å². The molecule has 128 valence electrons. The molecule has 0 bridgehead atoms. The quantitative estimate of drug-likeness (QED) is 0.852. The van der Waals surface area contributed by atoms with E-state index in [0.29, 0.717) is 11.8 Å². The van der Waals surface area contributed by atoms with Crippen molar-refractivity contribution in [2.45, 2.75) is 44.6 Å². The molecule has 2 fully saturated rings. The van der Waals surface area contributed by atoms with E-state index >= 15 is 0 Å². The van der Waals surface area contributed by atoms with Crippen LogP contribution in [0.4, 0.5) is 0 Å². The molecule has 1 amide bonds. The van der Waals surface area contributed by atoms with Crippen LogP contribution in [0.1, 0.15) is 64.6 Å². The summed E-state index contributed by atoms with van der Waals surface area (Å²) in [5.41, 5.74) is 1.03. The molecule has 7 heteroatoms. The first-order valence-electron chi connectivity index (χ1n) is 8.50. The fourth-order valence-corrected chi connectivity index (χ4v) is 4.37. The van der Waals surface area contributed by atoms with E-state index in [1.54, 1.807) is 0 Å². The number of likely N-dealkylation sites (tertiary alicyclic amines) is 1. The topological polar surface area (TPSA) is 68.5 Å². The molecule has 2 aliphatic rings. The standard InChI is InChI=1S/C17H21N3O3S/c1-11-6-10-24-14(11)17(21)20-7-2-3-13(20)16-18-15(19-23-16)12-4-8-22-9-5-12/h6,10,12-13H,2-5,7-9H2,1H3. The first-order valence-corrected chi connectivity index (χ1v) is 9.38. The number of aryl methyl sites for hydroxylation is 1. The maximum absolute atomic E-state index is 12.9. The highest BCUT2D eigenvalue weighted by molar-refractivity contribution is 7.12. The van der Waals surface area contributed by atoms with Crippen molar-refractivity contribution in [3.63, 3.8) is 0 Å². The van der Waals surface area contributed by atoms with Crippen LogP contribution in [-0.2, 0) is 4.74 Å². The Kier molecular flexibility index (Phi) is 4.37. The summed E-state index contributed by atoms with van der Waals surface area (Å²) in [7, 11) is 0. The molecule has 4 heterocycles. The molecule has 0 saturated carbocycles. The monoisotopic (exact) mass is 347 g/mol. The lowest BCUT2D eigenvalue weighted by Crippen LogP contribution is -2.30. The van der Waals surface area contributed by atoms with Gasteiger partial charge in [-0.15, -0.1) is 11.3 Å². The van der Waals surface area contributed by atoms with E-state index in [-0.39, 0.29) is 11.9 Å². The van der Waals surface area contributed by atoms with Gasteiger partial charge in [0, 0.05) is 25.7 Å². The van der Waals surface area contributed by atoms with Gasteiger partial charge in [-0.2, -0.15) is 4.98 Å². The Balaban J connectivity index is 1.53. The molecule has 0 aliphatic carbocycles. The van der Waals surface area contributed by atoms with Gasteiger partial charge in [-0.1, -0.05) is 5.16 Å². The molecule has 0 spiro atoms. The number of thiophene rings is 1. The maximum atomic E-state index is 12.9. The summed E-state index contributed by atoms with van der Waals surface area (Å²) in [6.07, 6.45) is 3.71. The Morgan fingerprint density at radius 1 is 1.33 bits per heavy atom. The second-order valence-electron chi connectivity index (χ2n) is 6.47. The third-order valence-corrected chi connectivity index (χ3v) is 5.90. The van der Waals surface area contributed by atoms with Crippen LogP contribution >= 0.6 is 11.3 Å². The smallest absolute Gasteiger partial charge is 0.264 e. The molecule has 2 saturated heterocycles. The summed E-state index contributed by atoms with van der Waals surface area (Å²) < 4.78 is 10.9. The second-order valence-corrected chi connectivity index (χ2v) is 7.38. The van der Waals surface area contributed by atoms with E-state index in [1.165, 1.54) is 11.3 Å². The zero-order valence-corrected chi connectivity index (χ0v) is 14.6. The third kappa shape index (κ3) is 2.86. The van der Waals surface area contributed by atoms with Crippen molar-refractivity contribution in [3.8, 4) is 0 Å². The lowest BCUT2D eigenvalue weighted by atomic mass is 10.00. The number of carbonyl (C=O) groups excluding carboxylic acids is 1. The third-order valence-electron chi connectivity index (χ3n) is 4.90. The average Bonchev–Trinajstić information content (AvgIpc) is 3.35. The van der Waals surface area contributed by atoms with Crippen molar-refractivity contribution in [2.75, 3.05) is 19.8 Å². The number of hydrogen-bond donors (Lipinski definition) is 0. The van der Waals surface area contributed by atoms with E-state index < -0.39 is 0 Å². The van der Waals surface area contributed by atoms with Crippen LogP contribution < -0.4 is 0 Å². The normalized spacial score (nSPS) is 22.2. The van der Waals surface area contributed by atoms with Crippen molar-refractivity contribution < 1.29 is 14.1 Å². The summed E-state index contributed by atoms with van der Waals surface area (Å²) in [6, 6.07) is 1.89. The number of rotatable bonds is 3. The fourth-order valence-electron chi connectivity index (χ4n) is 3.49. The fraction of sp³-hybridized carbons (Fsp3) is 0.588. The minimum atomic E-state index is -0.0971. The number of carbonyl (C=O) groups is 1. The predicted octanol–water partition coefficient (Wildman–Crippen LogP) is 3.31. The lowest BCUT2D eigenvalue weighted by molar-refractivity contribution is 0.0714. The summed E-state index contributed by atoms with van der Waals surface area (Å²) in [5.74, 6) is 1.73. The SMILES string of the molecule is Cc1ccsc1C(=O)N1CCCC1c1nc(C2CCOCC2)no1. The summed E-state index contributed by atoms with van der Waals surface area (Å²) in [6.45, 7) is 4.22. The molecule has 4 rings (SSSR count). The largest absolute Gasteiger partial charge is 0.381 e. The molecule has 24 heavy (non-hydrogen) atoms. The summed E-state index contributed by atoms with van der Waals surface area (Å²) in [5, 5.41) is 6.14. The molecule has 0 N–H and O–H groups in total. The number of aromatic nitrogens is 2. The second kappa shape index (κ2) is 6.64. The minimum absolute atomic E-state index is 0.0795. The van der Waals surface area contributed by atoms with Crippen LogP contribution in [0.2, 0.25) is 0 Å². The Labute approximate surface area is 144 Å². The molecule has 0 radical (unpaired) electrons. The van der Waals surface area contributed by atoms with Crippen molar-refractivity contribution in [3.05, 3.63) is 33.6 Å². The highest BCUT2D eigenvalue weighted by atomic mass is 32.1. The minimum Gasteiger partial charge on any atom is -0.381 e. The van der Waals surface area contributed by atoms with Crippen LogP contribution in [0, 0.1) is 6.92 Å². The molecule has 0 aromatic carbocycles. The number of amides is 1. The highest BCUT2D eigenvalue weighted by Crippen LogP contribution is 2.35. The van der Waals surface area contributed by atoms with Gasteiger partial charge < -0.3 is 14.2 Å². The molecule has 6 nitrogen and oxygen atoms in total. The van der Waals surface area contributed by atoms with Gasteiger partial charge in [0.2, 0.25) is 5.89 Å². The van der Waals surface area contributed by atoms with Crippen LogP contribution in [-0.4, -0.2) is 40.7 Å². The van der Waals surface area contributed by atoms with Crippen molar-refractivity contribution >= 4 is 17.2 Å². The molecule has 1 unspecified atom stereocenters. The van der Waals surface area contributed by atoms with Gasteiger partial charge in [-0.3, -0.25) is 4.79 Å². The van der Waals surface area contributed by atoms with Crippen LogP contribution in [0.25, 0.3) is 0 Å². The van der Waals surface area contributed by atoms with Crippen molar-refractivity contribution in [1.29, 1.82) is 0 Å². The Hall–Kier alpha value is -1.73. The van der Waals surface area contributed by atoms with Crippen LogP contribution in [0.5, 0.6) is 0 Å². The molecule has 2 aliphatic heterocycles. The number of ether oxygens (including phenoxy) is 1. The first-order chi connectivity index (χ1) is 11.7. The predicted molar refractivity (Wildman–Crippen MR) is 89.2 cm³/mol. The molecular weight excluding hydrogens is 326 g/mol. The van der Waals surface area contributed by atoms with Crippen molar-refractivity contribution in [2.24, 2.45) is 0 Å². The average molecular weight is 347 g/mol. The van der Waals surface area contributed by atoms with Gasteiger partial charge in [0.15, 0.2) is 5.82 Å². The molecule has 1 atom stereocenters. The Bertz CT molecular complexity index is 720. The summed E-state index contributed by atoms with van der Waals surface area (Å²) >= 11 is 1.50. The van der Waals surface area contributed by atoms with E-state index in [4.69, 9.17) is 9.26 Å². The maximum Gasteiger partial charge on any atom is 0.264 e. The van der Waals surface area contributed by atoms with E-state index in [1.807, 2.05) is 23.3 Å². The molecular formula is C17H21N3O3S. The van der Waals surface area contributed by atoms with E-state index in [0.717, 1.165) is 61.7 Å². The van der Waals surface area contributed by atoms with Gasteiger partial charge in [0.25, 0.3) is 5.91 Å². The van der Waals surface area contributed by atoms with Crippen molar-refractivity contribution in [1.82, 2.24) is 15.0 Å². The first kappa shape index (κ1) is 15.8. The molecule has 2 aromatic heterocycles. The van der Waals surface area contributed by atoms with Gasteiger partial charge in [-0.25, -0.2) is 0 Å². The van der Waals surface area contributed by atoms with Gasteiger partial charge in [0.05, 0.1) is 4.88 Å².